The Balaban J connectivity index is 3.13. The maximum absolute atomic E-state index is 4.45. The fraction of sp³-hybridized carbons (Fsp3) is 0.312. The van der Waals surface area contributed by atoms with E-state index in [4.69, 9.17) is 0 Å². The number of rotatable bonds is 4. The molecule has 90 valence electrons. The lowest BCUT2D eigenvalue weighted by Gasteiger charge is -2.06. The number of hydrogen-bond acceptors (Lipinski definition) is 1. The molecule has 0 amide bonds. The zero-order valence-corrected chi connectivity index (χ0v) is 11.1. The molecule has 0 N–H and O–H groups in total. The minimum Gasteiger partial charge on any atom is -0.256 e. The highest BCUT2D eigenvalue weighted by atomic mass is 14.6. The number of nitrogens with zero attached hydrogens (tertiary/aromatic N) is 1. The van der Waals surface area contributed by atoms with Crippen LogP contribution in [0.15, 0.2) is 42.6 Å². The van der Waals surface area contributed by atoms with Crippen molar-refractivity contribution in [1.29, 1.82) is 0 Å². The topological polar surface area (TPSA) is 12.9 Å². The summed E-state index contributed by atoms with van der Waals surface area (Å²) in [6.45, 7) is 14.2. The molecule has 0 saturated heterocycles. The van der Waals surface area contributed by atoms with Crippen LogP contribution in [0, 0.1) is 0 Å². The molecule has 0 aliphatic rings. The summed E-state index contributed by atoms with van der Waals surface area (Å²) in [6, 6.07) is 4.04. The van der Waals surface area contributed by atoms with Gasteiger partial charge in [-0.2, -0.15) is 0 Å². The van der Waals surface area contributed by atoms with E-state index in [0.717, 1.165) is 23.8 Å². The first-order valence-corrected chi connectivity index (χ1v) is 5.97. The normalized spacial score (nSPS) is 13.5. The number of aromatic nitrogens is 1. The standard InChI is InChI=1S/C16H21N/c1-6-15-8-7-11-17-16(15)14(5)13(4)10-9-12(2)3/h6-8,11H,2,4,9-10H2,1,3,5H3/b15-6-,16-14+. The SMILES string of the molecule is C=C(C)CCC(=C)/C(C)=c1/nccc/c1=C/C. The molecule has 0 aliphatic heterocycles. The highest BCUT2D eigenvalue weighted by Crippen LogP contribution is 2.15. The first kappa shape index (κ1) is 13.4. The summed E-state index contributed by atoms with van der Waals surface area (Å²) < 4.78 is 0. The van der Waals surface area contributed by atoms with Crippen LogP contribution >= 0.6 is 0 Å². The molecule has 1 nitrogen and oxygen atoms in total. The third kappa shape index (κ3) is 3.70. The van der Waals surface area contributed by atoms with Crippen molar-refractivity contribution in [1.82, 2.24) is 4.98 Å². The molecule has 0 fully saturated rings. The van der Waals surface area contributed by atoms with Gasteiger partial charge in [0.25, 0.3) is 0 Å². The van der Waals surface area contributed by atoms with Crippen molar-refractivity contribution < 1.29 is 0 Å². The Morgan fingerprint density at radius 2 is 2.00 bits per heavy atom. The lowest BCUT2D eigenvalue weighted by Crippen LogP contribution is -2.29. The van der Waals surface area contributed by atoms with E-state index in [2.05, 4.69) is 44.1 Å². The van der Waals surface area contributed by atoms with Gasteiger partial charge in [-0.25, -0.2) is 0 Å². The second kappa shape index (κ2) is 6.19. The van der Waals surface area contributed by atoms with Crippen molar-refractivity contribution in [3.63, 3.8) is 0 Å². The Kier molecular flexibility index (Phi) is 4.89. The van der Waals surface area contributed by atoms with Gasteiger partial charge >= 0.3 is 0 Å². The van der Waals surface area contributed by atoms with Crippen LogP contribution in [-0.2, 0) is 0 Å². The van der Waals surface area contributed by atoms with Gasteiger partial charge < -0.3 is 0 Å². The average molecular weight is 227 g/mol. The Morgan fingerprint density at radius 3 is 2.59 bits per heavy atom. The quantitative estimate of drug-likeness (QED) is 0.721. The Morgan fingerprint density at radius 1 is 1.29 bits per heavy atom. The van der Waals surface area contributed by atoms with Crippen molar-refractivity contribution in [2.45, 2.75) is 33.6 Å². The highest BCUT2D eigenvalue weighted by Gasteiger charge is 2.00. The van der Waals surface area contributed by atoms with E-state index in [0.29, 0.717) is 0 Å². The summed E-state index contributed by atoms with van der Waals surface area (Å²) in [4.78, 5) is 4.45. The lowest BCUT2D eigenvalue weighted by atomic mass is 10.0. The molecular weight excluding hydrogens is 206 g/mol. The molecule has 0 aromatic carbocycles. The Hall–Kier alpha value is -1.63. The Bertz CT molecular complexity index is 535. The summed E-state index contributed by atoms with van der Waals surface area (Å²) in [5.41, 5.74) is 3.52. The van der Waals surface area contributed by atoms with Gasteiger partial charge in [0.2, 0.25) is 0 Å². The van der Waals surface area contributed by atoms with Crippen molar-refractivity contribution >= 4 is 11.6 Å². The van der Waals surface area contributed by atoms with E-state index in [1.54, 1.807) is 0 Å². The Labute approximate surface area is 104 Å². The van der Waals surface area contributed by atoms with Crippen LogP contribution in [0.4, 0.5) is 0 Å². The van der Waals surface area contributed by atoms with Gasteiger partial charge in [0.1, 0.15) is 0 Å². The molecule has 0 bridgehead atoms. The molecule has 17 heavy (non-hydrogen) atoms. The molecule has 0 unspecified atom stereocenters. The molecule has 1 aromatic rings. The molecule has 0 spiro atoms. The van der Waals surface area contributed by atoms with Gasteiger partial charge in [0, 0.05) is 6.20 Å². The predicted molar refractivity (Wildman–Crippen MR) is 75.9 cm³/mol. The maximum atomic E-state index is 4.45. The van der Waals surface area contributed by atoms with E-state index in [-0.39, 0.29) is 0 Å². The summed E-state index contributed by atoms with van der Waals surface area (Å²) in [7, 11) is 0. The molecule has 0 atom stereocenters. The zero-order valence-electron chi connectivity index (χ0n) is 11.1. The number of pyridine rings is 1. The van der Waals surface area contributed by atoms with Gasteiger partial charge in [-0.05, 0) is 56.0 Å². The predicted octanol–water partition coefficient (Wildman–Crippen LogP) is 2.97. The van der Waals surface area contributed by atoms with Crippen molar-refractivity contribution in [3.05, 3.63) is 53.2 Å². The second-order valence-corrected chi connectivity index (χ2v) is 4.42. The minimum absolute atomic E-state index is 0.959. The summed E-state index contributed by atoms with van der Waals surface area (Å²) in [5.74, 6) is 0. The van der Waals surface area contributed by atoms with Gasteiger partial charge in [-0.15, -0.1) is 6.58 Å². The van der Waals surface area contributed by atoms with Crippen LogP contribution in [0.5, 0.6) is 0 Å². The van der Waals surface area contributed by atoms with E-state index < -0.39 is 0 Å². The van der Waals surface area contributed by atoms with Crippen LogP contribution in [0.1, 0.15) is 33.6 Å². The van der Waals surface area contributed by atoms with Crippen LogP contribution < -0.4 is 10.6 Å². The molecule has 1 heteroatoms. The van der Waals surface area contributed by atoms with Gasteiger partial charge in [0.05, 0.1) is 5.35 Å². The molecule has 1 rings (SSSR count). The van der Waals surface area contributed by atoms with Crippen LogP contribution in [0.2, 0.25) is 0 Å². The third-order valence-electron chi connectivity index (χ3n) is 2.89. The summed E-state index contributed by atoms with van der Waals surface area (Å²) in [5, 5.41) is 2.21. The van der Waals surface area contributed by atoms with Crippen LogP contribution in [0.3, 0.4) is 0 Å². The monoisotopic (exact) mass is 227 g/mol. The summed E-state index contributed by atoms with van der Waals surface area (Å²) in [6.07, 6.45) is 5.87. The lowest BCUT2D eigenvalue weighted by molar-refractivity contribution is 0.952. The van der Waals surface area contributed by atoms with Gasteiger partial charge in [-0.3, -0.25) is 4.98 Å². The first-order chi connectivity index (χ1) is 8.06. The minimum atomic E-state index is 0.959. The molecule has 1 heterocycles. The number of hydrogen-bond donors (Lipinski definition) is 0. The number of allylic oxidation sites excluding steroid dienone is 2. The largest absolute Gasteiger partial charge is 0.256 e. The van der Waals surface area contributed by atoms with Gasteiger partial charge in [-0.1, -0.05) is 24.3 Å². The van der Waals surface area contributed by atoms with E-state index in [1.807, 2.05) is 19.2 Å². The highest BCUT2D eigenvalue weighted by molar-refractivity contribution is 5.59. The first-order valence-electron chi connectivity index (χ1n) is 5.97. The fourth-order valence-electron chi connectivity index (χ4n) is 1.68. The second-order valence-electron chi connectivity index (χ2n) is 4.42. The van der Waals surface area contributed by atoms with E-state index in [9.17, 15) is 0 Å². The van der Waals surface area contributed by atoms with Gasteiger partial charge in [0.15, 0.2) is 0 Å². The molecule has 0 saturated carbocycles. The van der Waals surface area contributed by atoms with Crippen LogP contribution in [-0.4, -0.2) is 4.98 Å². The summed E-state index contributed by atoms with van der Waals surface area (Å²) >= 11 is 0. The molecule has 0 aliphatic carbocycles. The van der Waals surface area contributed by atoms with Crippen molar-refractivity contribution in [3.8, 4) is 0 Å². The molecule has 1 aromatic heterocycles. The van der Waals surface area contributed by atoms with Crippen molar-refractivity contribution in [2.24, 2.45) is 0 Å². The average Bonchev–Trinajstić information content (AvgIpc) is 2.34. The smallest absolute Gasteiger partial charge is 0.0730 e. The van der Waals surface area contributed by atoms with Crippen molar-refractivity contribution in [2.75, 3.05) is 0 Å². The maximum Gasteiger partial charge on any atom is 0.0730 e. The molecule has 0 radical (unpaired) electrons. The fourth-order valence-corrected chi connectivity index (χ4v) is 1.68. The zero-order chi connectivity index (χ0) is 12.8. The van der Waals surface area contributed by atoms with E-state index in [1.165, 1.54) is 16.4 Å². The van der Waals surface area contributed by atoms with E-state index >= 15 is 0 Å². The molecular formula is C16H21N. The van der Waals surface area contributed by atoms with Crippen LogP contribution in [0.25, 0.3) is 11.6 Å². The third-order valence-corrected chi connectivity index (χ3v) is 2.89.